The molecule has 0 saturated carbocycles. The van der Waals surface area contributed by atoms with E-state index in [0.29, 0.717) is 12.0 Å². The zero-order chi connectivity index (χ0) is 16.3. The first kappa shape index (κ1) is 16.8. The number of methoxy groups -OCH3 is 1. The summed E-state index contributed by atoms with van der Waals surface area (Å²) in [7, 11) is 1.75. The molecule has 3 nitrogen and oxygen atoms in total. The van der Waals surface area contributed by atoms with Gasteiger partial charge in [0.05, 0.1) is 6.61 Å². The van der Waals surface area contributed by atoms with Crippen LogP contribution < -0.4 is 0 Å². The molecule has 0 radical (unpaired) electrons. The Hall–Kier alpha value is -1.04. The average Bonchev–Trinajstić information content (AvgIpc) is 2.86. The first-order chi connectivity index (χ1) is 11.1. The summed E-state index contributed by atoms with van der Waals surface area (Å²) in [6, 6.07) is 3.82. The van der Waals surface area contributed by atoms with Gasteiger partial charge in [-0.05, 0) is 55.5 Å². The number of hydrogen-bond acceptors (Lipinski definition) is 3. The highest BCUT2D eigenvalue weighted by Gasteiger charge is 2.40. The van der Waals surface area contributed by atoms with Gasteiger partial charge in [0.1, 0.15) is 11.6 Å². The first-order valence-corrected chi connectivity index (χ1v) is 8.47. The van der Waals surface area contributed by atoms with E-state index in [1.54, 1.807) is 7.11 Å². The molecule has 1 unspecified atom stereocenters. The van der Waals surface area contributed by atoms with E-state index < -0.39 is 11.6 Å². The smallest absolute Gasteiger partial charge is 0.126 e. The van der Waals surface area contributed by atoms with Gasteiger partial charge in [0.15, 0.2) is 0 Å². The van der Waals surface area contributed by atoms with Crippen molar-refractivity contribution >= 4 is 0 Å². The summed E-state index contributed by atoms with van der Waals surface area (Å²) in [5.74, 6) is -0.977. The second-order valence-corrected chi connectivity index (χ2v) is 7.11. The third kappa shape index (κ3) is 4.28. The maximum Gasteiger partial charge on any atom is 0.126 e. The Balaban J connectivity index is 1.59. The topological polar surface area (TPSA) is 15.7 Å². The molecule has 0 aliphatic carbocycles. The van der Waals surface area contributed by atoms with Gasteiger partial charge in [-0.3, -0.25) is 4.90 Å². The fraction of sp³-hybridized carbons (Fsp3) is 0.667. The third-order valence-corrected chi connectivity index (χ3v) is 5.20. The summed E-state index contributed by atoms with van der Waals surface area (Å²) in [4.78, 5) is 4.84. The molecule has 5 heteroatoms. The molecule has 1 aromatic rings. The molecule has 2 aliphatic heterocycles. The monoisotopic (exact) mass is 324 g/mol. The molecule has 1 aromatic carbocycles. The van der Waals surface area contributed by atoms with Crippen LogP contribution in [-0.4, -0.2) is 56.2 Å². The van der Waals surface area contributed by atoms with E-state index in [4.69, 9.17) is 4.74 Å². The van der Waals surface area contributed by atoms with Crippen molar-refractivity contribution in [1.82, 2.24) is 9.80 Å². The van der Waals surface area contributed by atoms with Crippen LogP contribution in [0.3, 0.4) is 0 Å². The fourth-order valence-electron chi connectivity index (χ4n) is 4.18. The minimum Gasteiger partial charge on any atom is -0.383 e. The van der Waals surface area contributed by atoms with Crippen molar-refractivity contribution in [2.75, 3.05) is 46.4 Å². The Labute approximate surface area is 137 Å². The second-order valence-electron chi connectivity index (χ2n) is 7.11. The van der Waals surface area contributed by atoms with Crippen LogP contribution in [0.15, 0.2) is 18.2 Å². The molecule has 1 spiro atoms. The van der Waals surface area contributed by atoms with Crippen molar-refractivity contribution in [3.8, 4) is 0 Å². The summed E-state index contributed by atoms with van der Waals surface area (Å²) >= 11 is 0. The van der Waals surface area contributed by atoms with Gasteiger partial charge < -0.3 is 9.64 Å². The molecule has 23 heavy (non-hydrogen) atoms. The van der Waals surface area contributed by atoms with E-state index in [-0.39, 0.29) is 0 Å². The van der Waals surface area contributed by atoms with Crippen LogP contribution in [0.5, 0.6) is 0 Å². The molecule has 0 aromatic heterocycles. The number of rotatable bonds is 5. The van der Waals surface area contributed by atoms with Crippen LogP contribution in [0, 0.1) is 17.0 Å². The minimum atomic E-state index is -0.489. The van der Waals surface area contributed by atoms with Crippen molar-refractivity contribution < 1.29 is 13.5 Å². The Morgan fingerprint density at radius 3 is 2.52 bits per heavy atom. The van der Waals surface area contributed by atoms with Crippen LogP contribution in [0.25, 0.3) is 0 Å². The molecule has 2 fully saturated rings. The van der Waals surface area contributed by atoms with Crippen LogP contribution in [0.4, 0.5) is 8.78 Å². The number of piperidine rings is 1. The van der Waals surface area contributed by atoms with Gasteiger partial charge in [0.2, 0.25) is 0 Å². The van der Waals surface area contributed by atoms with Crippen LogP contribution in [0.2, 0.25) is 0 Å². The van der Waals surface area contributed by atoms with Crippen molar-refractivity contribution in [2.24, 2.45) is 5.41 Å². The fourth-order valence-corrected chi connectivity index (χ4v) is 4.18. The van der Waals surface area contributed by atoms with Gasteiger partial charge in [-0.15, -0.1) is 0 Å². The molecule has 0 amide bonds. The van der Waals surface area contributed by atoms with Crippen LogP contribution >= 0.6 is 0 Å². The highest BCUT2D eigenvalue weighted by atomic mass is 19.1. The standard InChI is InChI=1S/C18H26F2N2O/c1-23-8-7-21-5-2-3-18(13-21)4-6-22(14-18)12-15-9-16(19)11-17(20)10-15/h9-11H,2-8,12-14H2,1H3. The van der Waals surface area contributed by atoms with E-state index in [1.165, 1.54) is 31.4 Å². The predicted molar refractivity (Wildman–Crippen MR) is 86.2 cm³/mol. The first-order valence-electron chi connectivity index (χ1n) is 8.47. The van der Waals surface area contributed by atoms with Crippen molar-refractivity contribution in [3.63, 3.8) is 0 Å². The van der Waals surface area contributed by atoms with Crippen molar-refractivity contribution in [1.29, 1.82) is 0 Å². The summed E-state index contributed by atoms with van der Waals surface area (Å²) < 4.78 is 31.9. The van der Waals surface area contributed by atoms with Gasteiger partial charge >= 0.3 is 0 Å². The normalized spacial score (nSPS) is 26.2. The molecule has 1 atom stereocenters. The molecular formula is C18H26F2N2O. The molecule has 3 rings (SSSR count). The Morgan fingerprint density at radius 2 is 1.78 bits per heavy atom. The number of benzene rings is 1. The third-order valence-electron chi connectivity index (χ3n) is 5.20. The Morgan fingerprint density at radius 1 is 1.04 bits per heavy atom. The van der Waals surface area contributed by atoms with E-state index >= 15 is 0 Å². The zero-order valence-electron chi connectivity index (χ0n) is 13.9. The number of ether oxygens (including phenoxy) is 1. The molecule has 2 saturated heterocycles. The van der Waals surface area contributed by atoms with E-state index in [9.17, 15) is 8.78 Å². The largest absolute Gasteiger partial charge is 0.383 e. The number of hydrogen-bond donors (Lipinski definition) is 0. The van der Waals surface area contributed by atoms with Crippen LogP contribution in [-0.2, 0) is 11.3 Å². The summed E-state index contributed by atoms with van der Waals surface area (Å²) in [6.07, 6.45) is 3.66. The minimum absolute atomic E-state index is 0.345. The van der Waals surface area contributed by atoms with Gasteiger partial charge in [0.25, 0.3) is 0 Å². The molecule has 0 bridgehead atoms. The Bertz CT molecular complexity index is 520. The zero-order valence-corrected chi connectivity index (χ0v) is 13.9. The highest BCUT2D eigenvalue weighted by molar-refractivity contribution is 5.18. The summed E-state index contributed by atoms with van der Waals surface area (Å²) in [5, 5.41) is 0. The van der Waals surface area contributed by atoms with Crippen LogP contribution in [0.1, 0.15) is 24.8 Å². The maximum atomic E-state index is 13.3. The predicted octanol–water partition coefficient (Wildman–Crippen LogP) is 2.90. The van der Waals surface area contributed by atoms with E-state index in [2.05, 4.69) is 9.80 Å². The average molecular weight is 324 g/mol. The Kier molecular flexibility index (Phi) is 5.29. The lowest BCUT2D eigenvalue weighted by atomic mass is 9.79. The molecule has 2 aliphatic rings. The lowest BCUT2D eigenvalue weighted by Gasteiger charge is -2.40. The van der Waals surface area contributed by atoms with Gasteiger partial charge in [-0.2, -0.15) is 0 Å². The van der Waals surface area contributed by atoms with E-state index in [0.717, 1.165) is 51.0 Å². The lowest BCUT2D eigenvalue weighted by Crippen LogP contribution is -2.45. The molecule has 128 valence electrons. The summed E-state index contributed by atoms with van der Waals surface area (Å²) in [5.41, 5.74) is 1.07. The number of halogens is 2. The lowest BCUT2D eigenvalue weighted by molar-refractivity contribution is 0.0673. The number of likely N-dealkylation sites (tertiary alicyclic amines) is 2. The van der Waals surface area contributed by atoms with Gasteiger partial charge in [0, 0.05) is 39.4 Å². The summed E-state index contributed by atoms with van der Waals surface area (Å²) in [6.45, 7) is 6.71. The van der Waals surface area contributed by atoms with Gasteiger partial charge in [-0.1, -0.05) is 0 Å². The number of nitrogens with zero attached hydrogens (tertiary/aromatic N) is 2. The van der Waals surface area contributed by atoms with E-state index in [1.807, 2.05) is 0 Å². The molecular weight excluding hydrogens is 298 g/mol. The molecule has 2 heterocycles. The van der Waals surface area contributed by atoms with Crippen molar-refractivity contribution in [3.05, 3.63) is 35.4 Å². The SMILES string of the molecule is COCCN1CCCC2(CCN(Cc3cc(F)cc(F)c3)C2)C1. The maximum absolute atomic E-state index is 13.3. The molecule has 0 N–H and O–H groups in total. The van der Waals surface area contributed by atoms with Gasteiger partial charge in [-0.25, -0.2) is 8.78 Å². The second kappa shape index (κ2) is 7.24. The highest BCUT2D eigenvalue weighted by Crippen LogP contribution is 2.39. The quantitative estimate of drug-likeness (QED) is 0.828. The van der Waals surface area contributed by atoms with Crippen molar-refractivity contribution in [2.45, 2.75) is 25.8 Å².